The molecule has 0 bridgehead atoms. The third-order valence-electron chi connectivity index (χ3n) is 2.97. The maximum absolute atomic E-state index is 12.3. The predicted octanol–water partition coefficient (Wildman–Crippen LogP) is 2.76. The number of aryl methyl sites for hydroxylation is 1. The lowest BCUT2D eigenvalue weighted by Crippen LogP contribution is -2.08. The molecule has 0 aliphatic carbocycles. The first-order valence-electron chi connectivity index (χ1n) is 6.48. The van der Waals surface area contributed by atoms with Crippen molar-refractivity contribution in [1.29, 1.82) is 0 Å². The lowest BCUT2D eigenvalue weighted by Gasteiger charge is -2.09. The number of hydrogen-bond donors (Lipinski definition) is 1. The van der Waals surface area contributed by atoms with Gasteiger partial charge in [-0.3, -0.25) is 0 Å². The van der Waals surface area contributed by atoms with Gasteiger partial charge in [-0.15, -0.1) is 14.8 Å². The quantitative estimate of drug-likeness (QED) is 0.802. The van der Waals surface area contributed by atoms with E-state index in [4.69, 9.17) is 0 Å². The van der Waals surface area contributed by atoms with E-state index in [1.54, 1.807) is 36.4 Å². The molecular weight excluding hydrogens is 297 g/mol. The Balaban J connectivity index is 1.74. The van der Waals surface area contributed by atoms with Crippen molar-refractivity contribution in [2.45, 2.75) is 19.0 Å². The molecule has 9 heteroatoms. The summed E-state index contributed by atoms with van der Waals surface area (Å²) in [6.07, 6.45) is -5.06. The first-order valence-corrected chi connectivity index (χ1v) is 6.48. The maximum atomic E-state index is 12.3. The number of hydrogen-bond acceptors (Lipinski definition) is 5. The van der Waals surface area contributed by atoms with Crippen LogP contribution in [0, 0.1) is 0 Å². The van der Waals surface area contributed by atoms with E-state index in [9.17, 15) is 13.2 Å². The van der Waals surface area contributed by atoms with Gasteiger partial charge in [-0.05, 0) is 46.7 Å². The molecule has 2 heterocycles. The van der Waals surface area contributed by atoms with Gasteiger partial charge in [0.15, 0.2) is 11.5 Å². The van der Waals surface area contributed by atoms with Crippen molar-refractivity contribution in [2.75, 3.05) is 5.32 Å². The molecule has 3 rings (SSSR count). The summed E-state index contributed by atoms with van der Waals surface area (Å²) in [5.74, 6) is 0.493. The third-order valence-corrected chi connectivity index (χ3v) is 2.97. The Morgan fingerprint density at radius 2 is 2.00 bits per heavy atom. The topological polar surface area (TPSA) is 68.0 Å². The normalized spacial score (nSPS) is 11.8. The van der Waals surface area contributed by atoms with E-state index in [1.807, 2.05) is 0 Å². The van der Waals surface area contributed by atoms with Gasteiger partial charge >= 0.3 is 6.18 Å². The number of benzene rings is 1. The van der Waals surface area contributed by atoms with E-state index >= 15 is 0 Å². The fourth-order valence-electron chi connectivity index (χ4n) is 1.95. The minimum Gasteiger partial charge on any atom is -0.339 e. The summed E-state index contributed by atoms with van der Waals surface area (Å²) in [5.41, 5.74) is 1.76. The second-order valence-electron chi connectivity index (χ2n) is 4.69. The van der Waals surface area contributed by atoms with E-state index in [-0.39, 0.29) is 6.42 Å². The Morgan fingerprint density at radius 1 is 1.14 bits per heavy atom. The molecule has 0 atom stereocenters. The van der Waals surface area contributed by atoms with Crippen LogP contribution < -0.4 is 5.32 Å². The number of rotatable bonds is 4. The fourth-order valence-corrected chi connectivity index (χ4v) is 1.95. The van der Waals surface area contributed by atoms with Gasteiger partial charge in [-0.2, -0.15) is 13.2 Å². The monoisotopic (exact) mass is 308 g/mol. The van der Waals surface area contributed by atoms with Crippen molar-refractivity contribution >= 4 is 17.2 Å². The molecule has 2 aromatic heterocycles. The van der Waals surface area contributed by atoms with Gasteiger partial charge in [0.25, 0.3) is 0 Å². The van der Waals surface area contributed by atoms with Crippen molar-refractivity contribution in [1.82, 2.24) is 25.3 Å². The Bertz CT molecular complexity index is 783. The van der Waals surface area contributed by atoms with E-state index in [0.717, 1.165) is 0 Å². The first-order chi connectivity index (χ1) is 10.5. The molecule has 0 saturated heterocycles. The highest BCUT2D eigenvalue weighted by Crippen LogP contribution is 2.23. The third kappa shape index (κ3) is 3.48. The van der Waals surface area contributed by atoms with Crippen LogP contribution in [0.1, 0.15) is 12.0 Å². The van der Waals surface area contributed by atoms with Crippen LogP contribution in [0.5, 0.6) is 0 Å². The van der Waals surface area contributed by atoms with Crippen LogP contribution in [0.4, 0.5) is 24.7 Å². The highest BCUT2D eigenvalue weighted by molar-refractivity contribution is 5.57. The summed E-state index contributed by atoms with van der Waals surface area (Å²) < 4.78 is 38.0. The van der Waals surface area contributed by atoms with E-state index in [2.05, 4.69) is 25.9 Å². The minimum absolute atomic E-state index is 0.0571. The molecule has 0 aliphatic heterocycles. The van der Waals surface area contributed by atoms with Crippen molar-refractivity contribution < 1.29 is 13.2 Å². The lowest BCUT2D eigenvalue weighted by molar-refractivity contribution is -0.133. The molecule has 0 spiro atoms. The minimum atomic E-state index is -4.16. The zero-order valence-corrected chi connectivity index (χ0v) is 11.2. The summed E-state index contributed by atoms with van der Waals surface area (Å²) in [4.78, 5) is 0. The van der Waals surface area contributed by atoms with Crippen LogP contribution in [0.2, 0.25) is 0 Å². The molecular formula is C13H11F3N6. The van der Waals surface area contributed by atoms with Gasteiger partial charge in [0, 0.05) is 12.1 Å². The molecule has 1 N–H and O–H groups in total. The number of tetrazole rings is 1. The Kier molecular flexibility index (Phi) is 3.61. The van der Waals surface area contributed by atoms with Gasteiger partial charge in [-0.1, -0.05) is 12.1 Å². The highest BCUT2D eigenvalue weighted by Gasteiger charge is 2.26. The molecule has 1 aromatic carbocycles. The molecule has 0 amide bonds. The summed E-state index contributed by atoms with van der Waals surface area (Å²) in [6, 6.07) is 10.1. The van der Waals surface area contributed by atoms with Gasteiger partial charge in [-0.25, -0.2) is 0 Å². The molecule has 0 aliphatic rings. The molecule has 114 valence electrons. The van der Waals surface area contributed by atoms with Crippen LogP contribution in [-0.2, 0) is 6.42 Å². The number of alkyl halides is 3. The fraction of sp³-hybridized carbons (Fsp3) is 0.231. The Hall–Kier alpha value is -2.71. The van der Waals surface area contributed by atoms with Gasteiger partial charge in [0.2, 0.25) is 0 Å². The molecule has 0 fully saturated rings. The van der Waals surface area contributed by atoms with Crippen LogP contribution in [0.15, 0.2) is 36.4 Å². The van der Waals surface area contributed by atoms with E-state index in [0.29, 0.717) is 22.7 Å². The summed E-state index contributed by atoms with van der Waals surface area (Å²) >= 11 is 0. The summed E-state index contributed by atoms with van der Waals surface area (Å²) in [7, 11) is 0. The number of halogens is 3. The number of nitrogens with one attached hydrogen (secondary N) is 1. The second kappa shape index (κ2) is 5.58. The van der Waals surface area contributed by atoms with Gasteiger partial charge in [0.1, 0.15) is 0 Å². The smallest absolute Gasteiger partial charge is 0.339 e. The van der Waals surface area contributed by atoms with Crippen LogP contribution in [0.25, 0.3) is 5.65 Å². The Morgan fingerprint density at radius 3 is 2.82 bits per heavy atom. The molecule has 0 saturated carbocycles. The standard InChI is InChI=1S/C13H11F3N6/c14-13(15,16)7-6-9-2-1-3-10(8-9)17-11-4-5-12-18-20-21-22(12)19-11/h1-5,8H,6-7H2,(H,17,19). The molecule has 6 nitrogen and oxygen atoms in total. The molecule has 0 unspecified atom stereocenters. The Labute approximate surface area is 123 Å². The summed E-state index contributed by atoms with van der Waals surface area (Å²) in [6.45, 7) is 0. The molecule has 22 heavy (non-hydrogen) atoms. The van der Waals surface area contributed by atoms with Crippen molar-refractivity contribution in [3.63, 3.8) is 0 Å². The van der Waals surface area contributed by atoms with E-state index < -0.39 is 12.6 Å². The van der Waals surface area contributed by atoms with Crippen LogP contribution >= 0.6 is 0 Å². The molecule has 3 aromatic rings. The van der Waals surface area contributed by atoms with Crippen molar-refractivity contribution in [3.05, 3.63) is 42.0 Å². The van der Waals surface area contributed by atoms with Crippen molar-refractivity contribution in [3.8, 4) is 0 Å². The molecule has 0 radical (unpaired) electrons. The highest BCUT2D eigenvalue weighted by atomic mass is 19.4. The van der Waals surface area contributed by atoms with Crippen LogP contribution in [-0.4, -0.2) is 31.4 Å². The summed E-state index contributed by atoms with van der Waals surface area (Å²) in [5, 5.41) is 18.0. The number of nitrogens with zero attached hydrogens (tertiary/aromatic N) is 5. The first kappa shape index (κ1) is 14.2. The SMILES string of the molecule is FC(F)(F)CCc1cccc(Nc2ccc3nnnn3n2)c1. The number of fused-ring (bicyclic) bond motifs is 1. The predicted molar refractivity (Wildman–Crippen MR) is 72.7 cm³/mol. The lowest BCUT2D eigenvalue weighted by atomic mass is 10.1. The van der Waals surface area contributed by atoms with Crippen molar-refractivity contribution in [2.24, 2.45) is 0 Å². The average Bonchev–Trinajstić information content (AvgIpc) is 2.92. The van der Waals surface area contributed by atoms with Gasteiger partial charge in [0.05, 0.1) is 0 Å². The number of aromatic nitrogens is 5. The zero-order valence-electron chi connectivity index (χ0n) is 11.2. The average molecular weight is 308 g/mol. The van der Waals surface area contributed by atoms with Gasteiger partial charge < -0.3 is 5.32 Å². The largest absolute Gasteiger partial charge is 0.389 e. The maximum Gasteiger partial charge on any atom is 0.389 e. The zero-order chi connectivity index (χ0) is 15.6. The number of anilines is 2. The van der Waals surface area contributed by atoms with Crippen LogP contribution in [0.3, 0.4) is 0 Å². The second-order valence-corrected chi connectivity index (χ2v) is 4.69. The van der Waals surface area contributed by atoms with E-state index in [1.165, 1.54) is 4.63 Å².